The van der Waals surface area contributed by atoms with Gasteiger partial charge in [0.05, 0.1) is 19.8 Å². The van der Waals surface area contributed by atoms with E-state index in [4.69, 9.17) is 21.3 Å². The fraction of sp³-hybridized carbons (Fsp3) is 0.409. The molecule has 0 saturated carbocycles. The van der Waals surface area contributed by atoms with E-state index in [-0.39, 0.29) is 24.0 Å². The summed E-state index contributed by atoms with van der Waals surface area (Å²) in [4.78, 5) is 7.13. The Labute approximate surface area is 195 Å². The maximum absolute atomic E-state index is 6.23. The van der Waals surface area contributed by atoms with E-state index in [1.54, 1.807) is 0 Å². The maximum atomic E-state index is 6.23. The van der Waals surface area contributed by atoms with E-state index in [2.05, 4.69) is 46.7 Å². The maximum Gasteiger partial charge on any atom is 0.191 e. The second-order valence-electron chi connectivity index (χ2n) is 6.85. The smallest absolute Gasteiger partial charge is 0.191 e. The lowest BCUT2D eigenvalue weighted by molar-refractivity contribution is 0.0342. The summed E-state index contributed by atoms with van der Waals surface area (Å²) < 4.78 is 5.41. The molecule has 1 fully saturated rings. The van der Waals surface area contributed by atoms with Gasteiger partial charge in [0.2, 0.25) is 0 Å². The molecule has 1 aliphatic heterocycles. The van der Waals surface area contributed by atoms with Crippen LogP contribution in [-0.2, 0) is 24.4 Å². The summed E-state index contributed by atoms with van der Waals surface area (Å²) in [6, 6.07) is 16.6. The van der Waals surface area contributed by atoms with Gasteiger partial charge < -0.3 is 15.4 Å². The van der Waals surface area contributed by atoms with Crippen molar-refractivity contribution in [2.45, 2.75) is 26.6 Å². The van der Waals surface area contributed by atoms with Gasteiger partial charge in [-0.05, 0) is 29.7 Å². The number of hydrogen-bond donors (Lipinski definition) is 2. The van der Waals surface area contributed by atoms with Gasteiger partial charge >= 0.3 is 0 Å². The van der Waals surface area contributed by atoms with Crippen LogP contribution in [0.4, 0.5) is 0 Å². The summed E-state index contributed by atoms with van der Waals surface area (Å²) in [6.45, 7) is 8.82. The number of halogens is 2. The predicted molar refractivity (Wildman–Crippen MR) is 131 cm³/mol. The third-order valence-corrected chi connectivity index (χ3v) is 5.07. The Morgan fingerprint density at radius 1 is 1.03 bits per heavy atom. The average molecular weight is 529 g/mol. The van der Waals surface area contributed by atoms with Crippen LogP contribution < -0.4 is 10.6 Å². The molecule has 0 bridgehead atoms. The molecule has 29 heavy (non-hydrogen) atoms. The molecule has 2 N–H and O–H groups in total. The monoisotopic (exact) mass is 528 g/mol. The van der Waals surface area contributed by atoms with Gasteiger partial charge in [-0.25, -0.2) is 4.99 Å². The Balaban J connectivity index is 0.00000300. The van der Waals surface area contributed by atoms with Gasteiger partial charge in [-0.15, -0.1) is 24.0 Å². The molecule has 1 heterocycles. The number of aliphatic imine (C=N–C) groups is 1. The first-order chi connectivity index (χ1) is 13.7. The van der Waals surface area contributed by atoms with Gasteiger partial charge in [-0.3, -0.25) is 4.90 Å². The number of rotatable bonds is 7. The van der Waals surface area contributed by atoms with Crippen molar-refractivity contribution in [2.75, 3.05) is 32.8 Å². The average Bonchev–Trinajstić information content (AvgIpc) is 2.73. The zero-order chi connectivity index (χ0) is 19.6. The lowest BCUT2D eigenvalue weighted by Crippen LogP contribution is -2.36. The minimum atomic E-state index is 0. The highest BCUT2D eigenvalue weighted by atomic mass is 127. The van der Waals surface area contributed by atoms with E-state index in [9.17, 15) is 0 Å². The fourth-order valence-corrected chi connectivity index (χ4v) is 3.30. The van der Waals surface area contributed by atoms with Crippen LogP contribution in [0, 0.1) is 0 Å². The van der Waals surface area contributed by atoms with Crippen molar-refractivity contribution >= 4 is 41.5 Å². The molecule has 0 amide bonds. The van der Waals surface area contributed by atoms with Gasteiger partial charge in [0.15, 0.2) is 5.96 Å². The van der Waals surface area contributed by atoms with E-state index in [1.807, 2.05) is 24.3 Å². The molecule has 1 saturated heterocycles. The highest BCUT2D eigenvalue weighted by molar-refractivity contribution is 14.0. The van der Waals surface area contributed by atoms with Crippen LogP contribution in [0.2, 0.25) is 5.02 Å². The van der Waals surface area contributed by atoms with Crippen LogP contribution in [0.5, 0.6) is 0 Å². The third-order valence-electron chi connectivity index (χ3n) is 4.70. The van der Waals surface area contributed by atoms with Gasteiger partial charge in [-0.2, -0.15) is 0 Å². The highest BCUT2D eigenvalue weighted by Crippen LogP contribution is 2.14. The predicted octanol–water partition coefficient (Wildman–Crippen LogP) is 4.05. The Kier molecular flexibility index (Phi) is 10.8. The molecule has 0 atom stereocenters. The first-order valence-electron chi connectivity index (χ1n) is 9.88. The van der Waals surface area contributed by atoms with Crippen molar-refractivity contribution in [3.05, 3.63) is 70.2 Å². The van der Waals surface area contributed by atoms with E-state index >= 15 is 0 Å². The number of benzene rings is 2. The molecule has 0 spiro atoms. The van der Waals surface area contributed by atoms with Gasteiger partial charge in [-0.1, -0.05) is 54.1 Å². The summed E-state index contributed by atoms with van der Waals surface area (Å²) >= 11 is 6.23. The Bertz CT molecular complexity index is 764. The van der Waals surface area contributed by atoms with Crippen LogP contribution in [0.25, 0.3) is 0 Å². The molecule has 5 nitrogen and oxygen atoms in total. The summed E-state index contributed by atoms with van der Waals surface area (Å²) in [7, 11) is 0. The normalized spacial score (nSPS) is 14.9. The van der Waals surface area contributed by atoms with Crippen molar-refractivity contribution in [3.63, 3.8) is 0 Å². The van der Waals surface area contributed by atoms with E-state index in [0.29, 0.717) is 13.1 Å². The molecule has 0 aliphatic carbocycles. The molecular formula is C22H30ClIN4O. The van der Waals surface area contributed by atoms with Crippen LogP contribution in [-0.4, -0.2) is 43.7 Å². The molecular weight excluding hydrogens is 499 g/mol. The fourth-order valence-electron chi connectivity index (χ4n) is 3.10. The van der Waals surface area contributed by atoms with Crippen molar-refractivity contribution in [2.24, 2.45) is 4.99 Å². The molecule has 0 radical (unpaired) electrons. The zero-order valence-corrected chi connectivity index (χ0v) is 20.0. The topological polar surface area (TPSA) is 48.9 Å². The summed E-state index contributed by atoms with van der Waals surface area (Å²) in [5.74, 6) is 0.791. The molecule has 1 aliphatic rings. The van der Waals surface area contributed by atoms with Crippen LogP contribution in [0.15, 0.2) is 53.5 Å². The van der Waals surface area contributed by atoms with Crippen molar-refractivity contribution in [3.8, 4) is 0 Å². The van der Waals surface area contributed by atoms with Gasteiger partial charge in [0.1, 0.15) is 0 Å². The van der Waals surface area contributed by atoms with Crippen LogP contribution >= 0.6 is 35.6 Å². The zero-order valence-electron chi connectivity index (χ0n) is 16.9. The molecule has 7 heteroatoms. The lowest BCUT2D eigenvalue weighted by Gasteiger charge is -2.26. The number of hydrogen-bond acceptors (Lipinski definition) is 3. The lowest BCUT2D eigenvalue weighted by atomic mass is 10.1. The molecule has 3 rings (SSSR count). The van der Waals surface area contributed by atoms with Gasteiger partial charge in [0.25, 0.3) is 0 Å². The van der Waals surface area contributed by atoms with Crippen LogP contribution in [0.3, 0.4) is 0 Å². The van der Waals surface area contributed by atoms with Gasteiger partial charge in [0, 0.05) is 37.7 Å². The van der Waals surface area contributed by atoms with E-state index in [0.717, 1.165) is 55.9 Å². The number of ether oxygens (including phenoxy) is 1. The number of morpholine rings is 1. The first kappa shape index (κ1) is 23.9. The molecule has 0 unspecified atom stereocenters. The standard InChI is InChI=1S/C22H29ClN4O.HI/c1-2-24-22(26-16-20-5-3-4-6-21(20)23)25-15-18-7-9-19(10-8-18)17-27-11-13-28-14-12-27;/h3-10H,2,11-17H2,1H3,(H2,24,25,26);1H. The molecule has 2 aromatic carbocycles. The minimum absolute atomic E-state index is 0. The Morgan fingerprint density at radius 3 is 2.41 bits per heavy atom. The Hall–Kier alpha value is -1.35. The second kappa shape index (κ2) is 13.1. The van der Waals surface area contributed by atoms with E-state index in [1.165, 1.54) is 11.1 Å². The summed E-state index contributed by atoms with van der Waals surface area (Å²) in [5, 5.41) is 7.40. The Morgan fingerprint density at radius 2 is 1.72 bits per heavy atom. The third kappa shape index (κ3) is 8.12. The van der Waals surface area contributed by atoms with Crippen molar-refractivity contribution < 1.29 is 4.74 Å². The number of nitrogens with zero attached hydrogens (tertiary/aromatic N) is 2. The summed E-state index contributed by atoms with van der Waals surface area (Å²) in [6.07, 6.45) is 0. The minimum Gasteiger partial charge on any atom is -0.379 e. The molecule has 2 aromatic rings. The van der Waals surface area contributed by atoms with Crippen LogP contribution in [0.1, 0.15) is 23.6 Å². The van der Waals surface area contributed by atoms with Crippen molar-refractivity contribution in [1.29, 1.82) is 0 Å². The molecule has 0 aromatic heterocycles. The summed E-state index contributed by atoms with van der Waals surface area (Å²) in [5.41, 5.74) is 3.58. The van der Waals surface area contributed by atoms with Crippen molar-refractivity contribution in [1.82, 2.24) is 15.5 Å². The van der Waals surface area contributed by atoms with E-state index < -0.39 is 0 Å². The first-order valence-corrected chi connectivity index (χ1v) is 10.3. The highest BCUT2D eigenvalue weighted by Gasteiger charge is 2.10. The largest absolute Gasteiger partial charge is 0.379 e. The molecule has 158 valence electrons. The quantitative estimate of drug-likeness (QED) is 0.324. The number of nitrogens with one attached hydrogen (secondary N) is 2. The SMILES string of the molecule is CCNC(=NCc1ccc(CN2CCOCC2)cc1)NCc1ccccc1Cl.I. The number of guanidine groups is 1. The second-order valence-corrected chi connectivity index (χ2v) is 7.25.